The van der Waals surface area contributed by atoms with E-state index in [1.165, 1.54) is 4.90 Å². The average molecular weight is 408 g/mol. The van der Waals surface area contributed by atoms with Gasteiger partial charge >= 0.3 is 0 Å². The summed E-state index contributed by atoms with van der Waals surface area (Å²) in [4.78, 5) is 38.8. The number of aryl methyl sites for hydroxylation is 2. The van der Waals surface area contributed by atoms with Crippen molar-refractivity contribution in [3.63, 3.8) is 0 Å². The Balaban J connectivity index is 1.39. The maximum atomic E-state index is 12.7. The summed E-state index contributed by atoms with van der Waals surface area (Å²) in [5, 5.41) is 2.72. The van der Waals surface area contributed by atoms with E-state index in [1.807, 2.05) is 32.0 Å². The molecule has 1 unspecified atom stereocenters. The van der Waals surface area contributed by atoms with Gasteiger partial charge in [-0.25, -0.2) is 0 Å². The minimum atomic E-state index is -0.354. The Morgan fingerprint density at radius 2 is 1.90 bits per heavy atom. The van der Waals surface area contributed by atoms with Crippen LogP contribution in [0, 0.1) is 13.8 Å². The van der Waals surface area contributed by atoms with Crippen molar-refractivity contribution < 1.29 is 23.9 Å². The minimum Gasteiger partial charge on any atom is -0.484 e. The first-order valence-corrected chi connectivity index (χ1v) is 10.0. The van der Waals surface area contributed by atoms with Gasteiger partial charge in [0, 0.05) is 12.3 Å². The molecule has 2 aliphatic heterocycles. The fraction of sp³-hybridized carbons (Fsp3) is 0.348. The first-order valence-electron chi connectivity index (χ1n) is 10.0. The number of anilines is 1. The normalized spacial score (nSPS) is 17.9. The molecule has 0 radical (unpaired) electrons. The molecule has 0 bridgehead atoms. The van der Waals surface area contributed by atoms with Crippen molar-refractivity contribution in [3.05, 3.63) is 58.7 Å². The van der Waals surface area contributed by atoms with Crippen LogP contribution in [0.25, 0.3) is 0 Å². The Kier molecular flexibility index (Phi) is 5.55. The summed E-state index contributed by atoms with van der Waals surface area (Å²) in [7, 11) is 0. The number of fused-ring (bicyclic) bond motifs is 1. The monoisotopic (exact) mass is 408 g/mol. The molecule has 0 aromatic heterocycles. The van der Waals surface area contributed by atoms with Crippen LogP contribution in [0.5, 0.6) is 5.75 Å². The maximum Gasteiger partial charge on any atom is 0.262 e. The number of ether oxygens (including phenoxy) is 2. The minimum absolute atomic E-state index is 0.103. The van der Waals surface area contributed by atoms with Gasteiger partial charge in [-0.3, -0.25) is 19.3 Å². The number of amides is 3. The topological polar surface area (TPSA) is 84.9 Å². The van der Waals surface area contributed by atoms with Crippen LogP contribution < -0.4 is 10.1 Å². The van der Waals surface area contributed by atoms with E-state index in [9.17, 15) is 14.4 Å². The van der Waals surface area contributed by atoms with Crippen molar-refractivity contribution in [1.29, 1.82) is 0 Å². The fourth-order valence-corrected chi connectivity index (χ4v) is 3.68. The number of nitrogens with zero attached hydrogens (tertiary/aromatic N) is 1. The lowest BCUT2D eigenvalue weighted by atomic mass is 10.1. The lowest BCUT2D eigenvalue weighted by molar-refractivity contribution is -0.118. The Morgan fingerprint density at radius 1 is 1.10 bits per heavy atom. The maximum absolute atomic E-state index is 12.7. The summed E-state index contributed by atoms with van der Waals surface area (Å²) in [5.74, 6) is -0.400. The molecule has 2 aromatic rings. The number of benzene rings is 2. The second-order valence-electron chi connectivity index (χ2n) is 7.70. The Morgan fingerprint density at radius 3 is 2.63 bits per heavy atom. The zero-order chi connectivity index (χ0) is 21.3. The van der Waals surface area contributed by atoms with Crippen LogP contribution in [0.1, 0.15) is 44.7 Å². The molecule has 7 heteroatoms. The third-order valence-electron chi connectivity index (χ3n) is 5.51. The fourth-order valence-electron chi connectivity index (χ4n) is 3.68. The molecular weight excluding hydrogens is 384 g/mol. The molecule has 2 aromatic carbocycles. The highest BCUT2D eigenvalue weighted by Gasteiger charge is 2.37. The predicted octanol–water partition coefficient (Wildman–Crippen LogP) is 3.10. The highest BCUT2D eigenvalue weighted by atomic mass is 16.5. The van der Waals surface area contributed by atoms with E-state index >= 15 is 0 Å². The van der Waals surface area contributed by atoms with Gasteiger partial charge in [0.15, 0.2) is 6.61 Å². The summed E-state index contributed by atoms with van der Waals surface area (Å²) < 4.78 is 11.1. The van der Waals surface area contributed by atoms with Crippen molar-refractivity contribution in [2.45, 2.75) is 32.8 Å². The molecule has 156 valence electrons. The Labute approximate surface area is 175 Å². The van der Waals surface area contributed by atoms with Crippen LogP contribution in [-0.2, 0) is 9.53 Å². The van der Waals surface area contributed by atoms with E-state index in [1.54, 1.807) is 18.2 Å². The zero-order valence-electron chi connectivity index (χ0n) is 17.1. The third-order valence-corrected chi connectivity index (χ3v) is 5.51. The van der Waals surface area contributed by atoms with E-state index in [4.69, 9.17) is 9.47 Å². The van der Waals surface area contributed by atoms with Crippen LogP contribution in [0.2, 0.25) is 0 Å². The molecule has 3 amide bonds. The SMILES string of the molecule is Cc1ccc(OCC(=O)Nc2ccc3c(c2)C(=O)N(CC2CCCO2)C3=O)cc1C. The second kappa shape index (κ2) is 8.28. The van der Waals surface area contributed by atoms with Gasteiger partial charge in [0.2, 0.25) is 0 Å². The molecule has 2 heterocycles. The van der Waals surface area contributed by atoms with Gasteiger partial charge in [-0.15, -0.1) is 0 Å². The molecule has 30 heavy (non-hydrogen) atoms. The molecule has 7 nitrogen and oxygen atoms in total. The summed E-state index contributed by atoms with van der Waals surface area (Å²) >= 11 is 0. The van der Waals surface area contributed by atoms with E-state index in [0.717, 1.165) is 24.0 Å². The van der Waals surface area contributed by atoms with Crippen molar-refractivity contribution in [1.82, 2.24) is 4.90 Å². The molecule has 0 spiro atoms. The van der Waals surface area contributed by atoms with Crippen LogP contribution >= 0.6 is 0 Å². The summed E-state index contributed by atoms with van der Waals surface area (Å²) in [6.07, 6.45) is 1.68. The van der Waals surface area contributed by atoms with Crippen LogP contribution in [0.3, 0.4) is 0 Å². The quantitative estimate of drug-likeness (QED) is 0.743. The largest absolute Gasteiger partial charge is 0.484 e. The highest BCUT2D eigenvalue weighted by molar-refractivity contribution is 6.21. The van der Waals surface area contributed by atoms with Crippen LogP contribution in [-0.4, -0.2) is 48.5 Å². The standard InChI is InChI=1S/C23H24N2O5/c1-14-5-7-17(10-15(14)2)30-13-21(26)24-16-6-8-19-20(11-16)23(28)25(22(19)27)12-18-4-3-9-29-18/h5-8,10-11,18H,3-4,9,12-13H2,1-2H3,(H,24,26). The Hall–Kier alpha value is -3.19. The van der Waals surface area contributed by atoms with Crippen molar-refractivity contribution in [2.75, 3.05) is 25.1 Å². The first kappa shape index (κ1) is 20.1. The van der Waals surface area contributed by atoms with E-state index < -0.39 is 0 Å². The van der Waals surface area contributed by atoms with Gasteiger partial charge in [0.25, 0.3) is 17.7 Å². The van der Waals surface area contributed by atoms with Gasteiger partial charge in [-0.1, -0.05) is 6.07 Å². The molecule has 1 atom stereocenters. The van der Waals surface area contributed by atoms with E-state index in [-0.39, 0.29) is 37.0 Å². The number of imide groups is 1. The molecule has 2 aliphatic rings. The number of rotatable bonds is 6. The average Bonchev–Trinajstić information content (AvgIpc) is 3.32. The number of carbonyl (C=O) groups is 3. The highest BCUT2D eigenvalue weighted by Crippen LogP contribution is 2.27. The molecule has 0 saturated carbocycles. The number of nitrogens with one attached hydrogen (secondary N) is 1. The Bertz CT molecular complexity index is 1010. The van der Waals surface area contributed by atoms with E-state index in [0.29, 0.717) is 29.2 Å². The summed E-state index contributed by atoms with van der Waals surface area (Å²) in [6.45, 7) is 4.75. The first-order chi connectivity index (χ1) is 14.4. The van der Waals surface area contributed by atoms with Crippen molar-refractivity contribution in [2.24, 2.45) is 0 Å². The smallest absolute Gasteiger partial charge is 0.262 e. The number of hydrogen-bond donors (Lipinski definition) is 1. The lowest BCUT2D eigenvalue weighted by Crippen LogP contribution is -2.36. The lowest BCUT2D eigenvalue weighted by Gasteiger charge is -2.17. The molecule has 1 fully saturated rings. The van der Waals surface area contributed by atoms with Gasteiger partial charge in [0.1, 0.15) is 5.75 Å². The molecule has 4 rings (SSSR count). The molecule has 1 N–H and O–H groups in total. The van der Waals surface area contributed by atoms with Gasteiger partial charge < -0.3 is 14.8 Å². The van der Waals surface area contributed by atoms with Gasteiger partial charge in [0.05, 0.1) is 23.8 Å². The summed E-state index contributed by atoms with van der Waals surface area (Å²) in [6, 6.07) is 10.4. The van der Waals surface area contributed by atoms with Crippen LogP contribution in [0.15, 0.2) is 36.4 Å². The van der Waals surface area contributed by atoms with Crippen molar-refractivity contribution in [3.8, 4) is 5.75 Å². The van der Waals surface area contributed by atoms with E-state index in [2.05, 4.69) is 5.32 Å². The molecular formula is C23H24N2O5. The third kappa shape index (κ3) is 4.07. The predicted molar refractivity (Wildman–Crippen MR) is 111 cm³/mol. The van der Waals surface area contributed by atoms with Crippen LogP contribution in [0.4, 0.5) is 5.69 Å². The molecule has 0 aliphatic carbocycles. The van der Waals surface area contributed by atoms with Gasteiger partial charge in [-0.2, -0.15) is 0 Å². The second-order valence-corrected chi connectivity index (χ2v) is 7.70. The summed E-state index contributed by atoms with van der Waals surface area (Å²) in [5.41, 5.74) is 3.33. The van der Waals surface area contributed by atoms with Crippen molar-refractivity contribution >= 4 is 23.4 Å². The number of hydrogen-bond acceptors (Lipinski definition) is 5. The number of carbonyl (C=O) groups excluding carboxylic acids is 3. The van der Waals surface area contributed by atoms with Gasteiger partial charge in [-0.05, 0) is 68.1 Å². The molecule has 1 saturated heterocycles. The zero-order valence-corrected chi connectivity index (χ0v) is 17.1.